The molecule has 0 radical (unpaired) electrons. The fourth-order valence-corrected chi connectivity index (χ4v) is 2.69. The lowest BCUT2D eigenvalue weighted by atomic mass is 10.2. The van der Waals surface area contributed by atoms with Crippen molar-refractivity contribution >= 4 is 35.6 Å². The zero-order valence-corrected chi connectivity index (χ0v) is 19.6. The van der Waals surface area contributed by atoms with Gasteiger partial charge in [0, 0.05) is 43.7 Å². The molecule has 0 bridgehead atoms. The average molecular weight is 514 g/mol. The molecule has 0 spiro atoms. The van der Waals surface area contributed by atoms with Crippen molar-refractivity contribution in [2.75, 3.05) is 32.1 Å². The van der Waals surface area contributed by atoms with E-state index in [1.165, 1.54) is 0 Å². The molecule has 0 saturated carbocycles. The lowest BCUT2D eigenvalue weighted by Crippen LogP contribution is -2.30. The zero-order chi connectivity index (χ0) is 20.2. The number of pyridine rings is 1. The number of benzene rings is 1. The second-order valence-corrected chi connectivity index (χ2v) is 6.12. The first-order valence-electron chi connectivity index (χ1n) is 9.69. The Kier molecular flexibility index (Phi) is 11.9. The molecule has 0 unspecified atom stereocenters. The van der Waals surface area contributed by atoms with Gasteiger partial charge in [0.1, 0.15) is 0 Å². The average Bonchev–Trinajstić information content (AvgIpc) is 2.70. The molecule has 1 aromatic heterocycles. The Bertz CT molecular complexity index is 824. The number of hydrogen-bond acceptors (Lipinski definition) is 4. The van der Waals surface area contributed by atoms with Crippen molar-refractivity contribution in [1.29, 1.82) is 0 Å². The molecule has 2 aromatic rings. The number of unbranched alkanes of at least 4 members (excludes halogenated alkanes) is 1. The van der Waals surface area contributed by atoms with E-state index in [0.29, 0.717) is 37.2 Å². The SMILES string of the molecule is CCNC(=NCCCCn1ccccc1=O)Nc1ccc(OCC)c(OC)c1.I. The summed E-state index contributed by atoms with van der Waals surface area (Å²) < 4.78 is 12.7. The maximum atomic E-state index is 11.7. The minimum Gasteiger partial charge on any atom is -0.493 e. The van der Waals surface area contributed by atoms with Crippen LogP contribution in [0.3, 0.4) is 0 Å². The van der Waals surface area contributed by atoms with Gasteiger partial charge in [0.05, 0.1) is 13.7 Å². The number of nitrogens with zero attached hydrogens (tertiary/aromatic N) is 2. The molecular formula is C21H31IN4O3. The highest BCUT2D eigenvalue weighted by molar-refractivity contribution is 14.0. The number of halogens is 1. The molecule has 2 rings (SSSR count). The molecule has 0 aliphatic carbocycles. The lowest BCUT2D eigenvalue weighted by molar-refractivity contribution is 0.311. The number of rotatable bonds is 10. The number of methoxy groups -OCH3 is 1. The molecule has 0 aliphatic heterocycles. The van der Waals surface area contributed by atoms with E-state index >= 15 is 0 Å². The first kappa shape index (κ1) is 24.8. The molecule has 1 aromatic carbocycles. The Morgan fingerprint density at radius 2 is 1.97 bits per heavy atom. The summed E-state index contributed by atoms with van der Waals surface area (Å²) in [6, 6.07) is 10.9. The highest BCUT2D eigenvalue weighted by Crippen LogP contribution is 2.30. The molecule has 0 amide bonds. The molecule has 0 atom stereocenters. The zero-order valence-electron chi connectivity index (χ0n) is 17.3. The summed E-state index contributed by atoms with van der Waals surface area (Å²) in [7, 11) is 1.62. The van der Waals surface area contributed by atoms with Crippen molar-refractivity contribution in [2.45, 2.75) is 33.2 Å². The number of hydrogen-bond donors (Lipinski definition) is 2. The van der Waals surface area contributed by atoms with Gasteiger partial charge in [-0.1, -0.05) is 6.07 Å². The van der Waals surface area contributed by atoms with Crippen molar-refractivity contribution in [3.8, 4) is 11.5 Å². The van der Waals surface area contributed by atoms with Crippen LogP contribution in [0.5, 0.6) is 11.5 Å². The third-order valence-electron chi connectivity index (χ3n) is 4.05. The normalized spacial score (nSPS) is 10.8. The third kappa shape index (κ3) is 8.35. The predicted molar refractivity (Wildman–Crippen MR) is 129 cm³/mol. The molecule has 1 heterocycles. The molecule has 29 heavy (non-hydrogen) atoms. The van der Waals surface area contributed by atoms with Crippen LogP contribution in [0.1, 0.15) is 26.7 Å². The van der Waals surface area contributed by atoms with Crippen molar-refractivity contribution in [1.82, 2.24) is 9.88 Å². The van der Waals surface area contributed by atoms with Crippen LogP contribution in [0.25, 0.3) is 0 Å². The van der Waals surface area contributed by atoms with Crippen LogP contribution < -0.4 is 25.7 Å². The van der Waals surface area contributed by atoms with Crippen LogP contribution >= 0.6 is 24.0 Å². The Hall–Kier alpha value is -2.23. The Balaban J connectivity index is 0.00000420. The number of aryl methyl sites for hydroxylation is 1. The van der Waals surface area contributed by atoms with Crippen molar-refractivity contribution in [2.24, 2.45) is 4.99 Å². The van der Waals surface area contributed by atoms with E-state index < -0.39 is 0 Å². The van der Waals surface area contributed by atoms with E-state index in [4.69, 9.17) is 9.47 Å². The Labute approximate surface area is 189 Å². The number of aromatic nitrogens is 1. The van der Waals surface area contributed by atoms with Gasteiger partial charge in [-0.05, 0) is 44.9 Å². The largest absolute Gasteiger partial charge is 0.493 e. The monoisotopic (exact) mass is 514 g/mol. The summed E-state index contributed by atoms with van der Waals surface area (Å²) in [5, 5.41) is 6.53. The highest BCUT2D eigenvalue weighted by atomic mass is 127. The third-order valence-corrected chi connectivity index (χ3v) is 4.05. The molecule has 0 fully saturated rings. The van der Waals surface area contributed by atoms with Gasteiger partial charge >= 0.3 is 0 Å². The number of nitrogens with one attached hydrogen (secondary N) is 2. The topological polar surface area (TPSA) is 76.9 Å². The maximum absolute atomic E-state index is 11.7. The van der Waals surface area contributed by atoms with Gasteiger partial charge in [-0.3, -0.25) is 9.79 Å². The number of ether oxygens (including phenoxy) is 2. The Morgan fingerprint density at radius 3 is 2.66 bits per heavy atom. The summed E-state index contributed by atoms with van der Waals surface area (Å²) in [6.07, 6.45) is 3.60. The summed E-state index contributed by atoms with van der Waals surface area (Å²) in [4.78, 5) is 16.3. The van der Waals surface area contributed by atoms with E-state index in [0.717, 1.165) is 25.1 Å². The van der Waals surface area contributed by atoms with Gasteiger partial charge in [-0.25, -0.2) is 0 Å². The van der Waals surface area contributed by atoms with Gasteiger partial charge in [0.15, 0.2) is 17.5 Å². The number of guanidine groups is 1. The summed E-state index contributed by atoms with van der Waals surface area (Å²) >= 11 is 0. The molecule has 7 nitrogen and oxygen atoms in total. The summed E-state index contributed by atoms with van der Waals surface area (Å²) in [5.74, 6) is 2.11. The van der Waals surface area contributed by atoms with Gasteiger partial charge in [0.2, 0.25) is 5.56 Å². The Morgan fingerprint density at radius 1 is 1.14 bits per heavy atom. The van der Waals surface area contributed by atoms with Crippen LogP contribution in [-0.4, -0.2) is 37.3 Å². The van der Waals surface area contributed by atoms with Gasteiger partial charge < -0.3 is 24.7 Å². The quantitative estimate of drug-likeness (QED) is 0.219. The lowest BCUT2D eigenvalue weighted by Gasteiger charge is -2.14. The van der Waals surface area contributed by atoms with Crippen molar-refractivity contribution < 1.29 is 9.47 Å². The maximum Gasteiger partial charge on any atom is 0.250 e. The van der Waals surface area contributed by atoms with Crippen molar-refractivity contribution in [3.63, 3.8) is 0 Å². The van der Waals surface area contributed by atoms with Gasteiger partial charge in [-0.15, -0.1) is 24.0 Å². The van der Waals surface area contributed by atoms with E-state index in [2.05, 4.69) is 15.6 Å². The number of anilines is 1. The second-order valence-electron chi connectivity index (χ2n) is 6.12. The van der Waals surface area contributed by atoms with E-state index in [1.807, 2.05) is 44.3 Å². The summed E-state index contributed by atoms with van der Waals surface area (Å²) in [6.45, 7) is 6.69. The van der Waals surface area contributed by atoms with E-state index in [1.54, 1.807) is 23.8 Å². The predicted octanol–water partition coefficient (Wildman–Crippen LogP) is 3.73. The van der Waals surface area contributed by atoms with Crippen LogP contribution in [-0.2, 0) is 6.54 Å². The smallest absolute Gasteiger partial charge is 0.250 e. The minimum absolute atomic E-state index is 0. The first-order chi connectivity index (χ1) is 13.7. The van der Waals surface area contributed by atoms with Gasteiger partial charge in [0.25, 0.3) is 0 Å². The molecule has 0 saturated heterocycles. The molecular weight excluding hydrogens is 483 g/mol. The minimum atomic E-state index is 0. The second kappa shape index (κ2) is 13.9. The number of aliphatic imine (C=N–C) groups is 1. The van der Waals surface area contributed by atoms with Crippen LogP contribution in [0.15, 0.2) is 52.4 Å². The fourth-order valence-electron chi connectivity index (χ4n) is 2.69. The fraction of sp³-hybridized carbons (Fsp3) is 0.429. The molecule has 0 aliphatic rings. The van der Waals surface area contributed by atoms with E-state index in [-0.39, 0.29) is 29.5 Å². The molecule has 8 heteroatoms. The van der Waals surface area contributed by atoms with Gasteiger partial charge in [-0.2, -0.15) is 0 Å². The molecule has 160 valence electrons. The van der Waals surface area contributed by atoms with Crippen LogP contribution in [0, 0.1) is 0 Å². The standard InChI is InChI=1S/C21H30N4O3.HI/c1-4-22-21(23-13-7-9-15-25-14-8-6-10-20(25)26)24-17-11-12-18(28-5-2)19(16-17)27-3;/h6,8,10-12,14,16H,4-5,7,9,13,15H2,1-3H3,(H2,22,23,24);1H. The van der Waals surface area contributed by atoms with E-state index in [9.17, 15) is 4.79 Å². The van der Waals surface area contributed by atoms with Crippen LogP contribution in [0.4, 0.5) is 5.69 Å². The van der Waals surface area contributed by atoms with Crippen LogP contribution in [0.2, 0.25) is 0 Å². The van der Waals surface area contributed by atoms with Crippen molar-refractivity contribution in [3.05, 3.63) is 52.9 Å². The first-order valence-corrected chi connectivity index (χ1v) is 9.69. The highest BCUT2D eigenvalue weighted by Gasteiger charge is 2.07. The molecule has 2 N–H and O–H groups in total. The summed E-state index contributed by atoms with van der Waals surface area (Å²) in [5.41, 5.74) is 0.904.